The smallest absolute Gasteiger partial charge is 0.338 e. The molecule has 0 radical (unpaired) electrons. The zero-order valence-corrected chi connectivity index (χ0v) is 13.7. The maximum atomic E-state index is 12.9. The lowest BCUT2D eigenvalue weighted by Gasteiger charge is -2.10. The topological polar surface area (TPSA) is 81.7 Å². The molecule has 7 heteroatoms. The molecule has 2 aromatic carbocycles. The monoisotopic (exact) mass is 345 g/mol. The first-order valence-corrected chi connectivity index (χ1v) is 7.29. The summed E-state index contributed by atoms with van der Waals surface area (Å²) in [4.78, 5) is 35.6. The molecule has 25 heavy (non-hydrogen) atoms. The fourth-order valence-electron chi connectivity index (χ4n) is 2.18. The molecule has 0 atom stereocenters. The predicted molar refractivity (Wildman–Crippen MR) is 87.9 cm³/mol. The van der Waals surface area contributed by atoms with Crippen LogP contribution in [-0.4, -0.2) is 32.1 Å². The van der Waals surface area contributed by atoms with Crippen molar-refractivity contribution in [1.82, 2.24) is 0 Å². The van der Waals surface area contributed by atoms with Crippen molar-refractivity contribution in [2.24, 2.45) is 0 Å². The number of benzene rings is 2. The quantitative estimate of drug-likeness (QED) is 0.843. The Hall–Kier alpha value is -3.22. The minimum absolute atomic E-state index is 0.0195. The number of carbonyl (C=O) groups excluding carboxylic acids is 3. The summed E-state index contributed by atoms with van der Waals surface area (Å²) in [7, 11) is 2.38. The number of rotatable bonds is 5. The van der Waals surface area contributed by atoms with Crippen LogP contribution >= 0.6 is 0 Å². The van der Waals surface area contributed by atoms with Gasteiger partial charge in [-0.05, 0) is 35.9 Å². The van der Waals surface area contributed by atoms with Crippen molar-refractivity contribution < 1.29 is 28.2 Å². The van der Waals surface area contributed by atoms with Gasteiger partial charge in [-0.15, -0.1) is 0 Å². The largest absolute Gasteiger partial charge is 0.465 e. The number of anilines is 1. The molecule has 2 aromatic rings. The molecule has 0 aromatic heterocycles. The van der Waals surface area contributed by atoms with Crippen LogP contribution in [-0.2, 0) is 20.7 Å². The molecule has 0 saturated carbocycles. The van der Waals surface area contributed by atoms with Crippen LogP contribution in [0.3, 0.4) is 0 Å². The maximum absolute atomic E-state index is 12.9. The van der Waals surface area contributed by atoms with Gasteiger partial charge in [-0.3, -0.25) is 4.79 Å². The van der Waals surface area contributed by atoms with Crippen LogP contribution in [0.1, 0.15) is 26.3 Å². The molecule has 1 N–H and O–H groups in total. The van der Waals surface area contributed by atoms with E-state index < -0.39 is 11.9 Å². The van der Waals surface area contributed by atoms with E-state index in [1.54, 1.807) is 0 Å². The first-order valence-electron chi connectivity index (χ1n) is 7.29. The number of amides is 1. The number of ether oxygens (including phenoxy) is 2. The SMILES string of the molecule is COC(=O)c1ccc(NC(=O)Cc2ccc(F)cc2)cc1C(=O)OC. The van der Waals surface area contributed by atoms with E-state index in [9.17, 15) is 18.8 Å². The summed E-state index contributed by atoms with van der Waals surface area (Å²) >= 11 is 0. The molecule has 0 fully saturated rings. The zero-order chi connectivity index (χ0) is 18.4. The highest BCUT2D eigenvalue weighted by atomic mass is 19.1. The fraction of sp³-hybridized carbons (Fsp3) is 0.167. The number of hydrogen-bond donors (Lipinski definition) is 1. The predicted octanol–water partition coefficient (Wildman–Crippen LogP) is 2.58. The Balaban J connectivity index is 2.18. The minimum atomic E-state index is -0.727. The van der Waals surface area contributed by atoms with Gasteiger partial charge in [-0.25, -0.2) is 14.0 Å². The van der Waals surface area contributed by atoms with E-state index in [0.29, 0.717) is 11.3 Å². The van der Waals surface area contributed by atoms with Crippen LogP contribution in [0.25, 0.3) is 0 Å². The van der Waals surface area contributed by atoms with E-state index >= 15 is 0 Å². The highest BCUT2D eigenvalue weighted by molar-refractivity contribution is 6.04. The molecule has 0 heterocycles. The standard InChI is InChI=1S/C18H16FNO5/c1-24-17(22)14-8-7-13(10-15(14)18(23)25-2)20-16(21)9-11-3-5-12(19)6-4-11/h3-8,10H,9H2,1-2H3,(H,20,21). The van der Waals surface area contributed by atoms with Gasteiger partial charge in [0.1, 0.15) is 5.82 Å². The fourth-order valence-corrected chi connectivity index (χ4v) is 2.18. The van der Waals surface area contributed by atoms with E-state index in [4.69, 9.17) is 0 Å². The summed E-state index contributed by atoms with van der Waals surface area (Å²) in [6.45, 7) is 0. The molecule has 0 bridgehead atoms. The third-order valence-corrected chi connectivity index (χ3v) is 3.39. The van der Waals surface area contributed by atoms with Gasteiger partial charge >= 0.3 is 11.9 Å². The van der Waals surface area contributed by atoms with E-state index in [2.05, 4.69) is 14.8 Å². The molecule has 130 valence electrons. The van der Waals surface area contributed by atoms with Gasteiger partial charge in [0.05, 0.1) is 31.8 Å². The Morgan fingerprint density at radius 2 is 1.52 bits per heavy atom. The van der Waals surface area contributed by atoms with Gasteiger partial charge in [0, 0.05) is 5.69 Å². The van der Waals surface area contributed by atoms with Gasteiger partial charge < -0.3 is 14.8 Å². The van der Waals surface area contributed by atoms with Crippen molar-refractivity contribution in [2.45, 2.75) is 6.42 Å². The van der Waals surface area contributed by atoms with Crippen LogP contribution in [0, 0.1) is 5.82 Å². The van der Waals surface area contributed by atoms with Crippen molar-refractivity contribution in [2.75, 3.05) is 19.5 Å². The number of nitrogens with one attached hydrogen (secondary N) is 1. The number of halogens is 1. The molecule has 0 unspecified atom stereocenters. The Morgan fingerprint density at radius 1 is 0.920 bits per heavy atom. The van der Waals surface area contributed by atoms with Crippen LogP contribution in [0.2, 0.25) is 0 Å². The second kappa shape index (κ2) is 8.05. The second-order valence-corrected chi connectivity index (χ2v) is 5.09. The Bertz CT molecular complexity index is 802. The Morgan fingerprint density at radius 3 is 2.12 bits per heavy atom. The molecule has 1 amide bonds. The Labute approximate surface area is 143 Å². The molecule has 0 aliphatic heterocycles. The summed E-state index contributed by atoms with van der Waals surface area (Å²) in [5.74, 6) is -2.15. The van der Waals surface area contributed by atoms with Crippen molar-refractivity contribution >= 4 is 23.5 Å². The zero-order valence-electron chi connectivity index (χ0n) is 13.7. The van der Waals surface area contributed by atoms with Crippen LogP contribution in [0.4, 0.5) is 10.1 Å². The number of esters is 2. The average Bonchev–Trinajstić information content (AvgIpc) is 2.62. The minimum Gasteiger partial charge on any atom is -0.465 e. The molecule has 0 aliphatic carbocycles. The van der Waals surface area contributed by atoms with Crippen LogP contribution in [0.5, 0.6) is 0 Å². The van der Waals surface area contributed by atoms with E-state index in [0.717, 1.165) is 0 Å². The summed E-state index contributed by atoms with van der Waals surface area (Å²) in [6, 6.07) is 9.73. The molecule has 0 aliphatic rings. The van der Waals surface area contributed by atoms with Crippen molar-refractivity contribution in [1.29, 1.82) is 0 Å². The number of methoxy groups -OCH3 is 2. The van der Waals surface area contributed by atoms with Crippen molar-refractivity contribution in [3.8, 4) is 0 Å². The third kappa shape index (κ3) is 4.63. The van der Waals surface area contributed by atoms with Crippen LogP contribution < -0.4 is 5.32 Å². The summed E-state index contributed by atoms with van der Waals surface area (Å²) in [5, 5.41) is 2.62. The highest BCUT2D eigenvalue weighted by Gasteiger charge is 2.19. The van der Waals surface area contributed by atoms with Gasteiger partial charge in [0.15, 0.2) is 0 Å². The first-order chi connectivity index (χ1) is 11.9. The molecular weight excluding hydrogens is 329 g/mol. The van der Waals surface area contributed by atoms with E-state index in [1.807, 2.05) is 0 Å². The number of carbonyl (C=O) groups is 3. The lowest BCUT2D eigenvalue weighted by Crippen LogP contribution is -2.16. The molecular formula is C18H16FNO5. The summed E-state index contributed by atoms with van der Waals surface area (Å²) in [5.41, 5.74) is 0.971. The summed E-state index contributed by atoms with van der Waals surface area (Å²) in [6.07, 6.45) is 0.0343. The lowest BCUT2D eigenvalue weighted by atomic mass is 10.1. The van der Waals surface area contributed by atoms with Crippen LogP contribution in [0.15, 0.2) is 42.5 Å². The molecule has 6 nitrogen and oxygen atoms in total. The Kier molecular flexibility index (Phi) is 5.84. The van der Waals surface area contributed by atoms with E-state index in [-0.39, 0.29) is 29.3 Å². The second-order valence-electron chi connectivity index (χ2n) is 5.09. The lowest BCUT2D eigenvalue weighted by molar-refractivity contribution is -0.115. The van der Waals surface area contributed by atoms with Crippen molar-refractivity contribution in [3.63, 3.8) is 0 Å². The van der Waals surface area contributed by atoms with Gasteiger partial charge in [0.2, 0.25) is 5.91 Å². The highest BCUT2D eigenvalue weighted by Crippen LogP contribution is 2.18. The molecule has 0 saturated heterocycles. The van der Waals surface area contributed by atoms with Gasteiger partial charge in [-0.2, -0.15) is 0 Å². The van der Waals surface area contributed by atoms with Gasteiger partial charge in [0.25, 0.3) is 0 Å². The summed E-state index contributed by atoms with van der Waals surface area (Å²) < 4.78 is 22.1. The van der Waals surface area contributed by atoms with E-state index in [1.165, 1.54) is 56.7 Å². The number of hydrogen-bond acceptors (Lipinski definition) is 5. The normalized spacial score (nSPS) is 10.0. The van der Waals surface area contributed by atoms with Crippen molar-refractivity contribution in [3.05, 3.63) is 65.0 Å². The average molecular weight is 345 g/mol. The molecule has 2 rings (SSSR count). The van der Waals surface area contributed by atoms with Gasteiger partial charge in [-0.1, -0.05) is 12.1 Å². The maximum Gasteiger partial charge on any atom is 0.338 e. The third-order valence-electron chi connectivity index (χ3n) is 3.39. The first kappa shape index (κ1) is 18.1. The molecule has 0 spiro atoms.